The molecule has 19 heavy (non-hydrogen) atoms. The summed E-state index contributed by atoms with van der Waals surface area (Å²) < 4.78 is 0.613. The van der Waals surface area contributed by atoms with Crippen LogP contribution in [0.5, 0.6) is 0 Å². The number of nitrogens with zero attached hydrogens (tertiary/aromatic N) is 1. The number of aliphatic carboxylic acids is 1. The fourth-order valence-corrected chi connectivity index (χ4v) is 2.51. The number of halogens is 1. The van der Waals surface area contributed by atoms with E-state index < -0.39 is 23.5 Å². The lowest BCUT2D eigenvalue weighted by Crippen LogP contribution is -2.42. The molecule has 2 N–H and O–H groups in total. The molecule has 1 aliphatic heterocycles. The first-order valence-electron chi connectivity index (χ1n) is 5.85. The van der Waals surface area contributed by atoms with Gasteiger partial charge < -0.3 is 15.0 Å². The molecule has 7 heteroatoms. The number of carboxylic acid groups (broad SMARTS) is 1. The Morgan fingerprint density at radius 1 is 1.53 bits per heavy atom. The fraction of sp³-hybridized carbons (Fsp3) is 0.417. The molecule has 0 bridgehead atoms. The van der Waals surface area contributed by atoms with E-state index in [4.69, 9.17) is 5.11 Å². The summed E-state index contributed by atoms with van der Waals surface area (Å²) in [6, 6.07) is 0.597. The SMILES string of the molecule is Cc1[nH]c(=O)c(C(=O)N2CCC[C@@H]2C(=O)O)cc1Br. The molecule has 1 aromatic rings. The quantitative estimate of drug-likeness (QED) is 0.851. The van der Waals surface area contributed by atoms with Gasteiger partial charge in [0.05, 0.1) is 0 Å². The second-order valence-corrected chi connectivity index (χ2v) is 5.33. The van der Waals surface area contributed by atoms with Crippen LogP contribution < -0.4 is 5.56 Å². The van der Waals surface area contributed by atoms with Gasteiger partial charge in [-0.2, -0.15) is 0 Å². The second-order valence-electron chi connectivity index (χ2n) is 4.48. The van der Waals surface area contributed by atoms with E-state index in [0.717, 1.165) is 0 Å². The molecule has 0 aromatic carbocycles. The molecule has 0 spiro atoms. The Morgan fingerprint density at radius 3 is 2.84 bits per heavy atom. The highest BCUT2D eigenvalue weighted by Gasteiger charge is 2.35. The van der Waals surface area contributed by atoms with E-state index in [1.807, 2.05) is 0 Å². The number of likely N-dealkylation sites (tertiary alicyclic amines) is 1. The van der Waals surface area contributed by atoms with Crippen molar-refractivity contribution in [1.29, 1.82) is 0 Å². The number of aromatic nitrogens is 1. The first-order chi connectivity index (χ1) is 8.91. The first-order valence-corrected chi connectivity index (χ1v) is 6.64. The van der Waals surface area contributed by atoms with Crippen molar-refractivity contribution in [3.63, 3.8) is 0 Å². The minimum atomic E-state index is -1.03. The van der Waals surface area contributed by atoms with Crippen LogP contribution in [0.3, 0.4) is 0 Å². The average molecular weight is 329 g/mol. The number of carboxylic acids is 1. The van der Waals surface area contributed by atoms with Crippen molar-refractivity contribution < 1.29 is 14.7 Å². The molecule has 6 nitrogen and oxygen atoms in total. The van der Waals surface area contributed by atoms with Gasteiger partial charge in [-0.05, 0) is 41.8 Å². The summed E-state index contributed by atoms with van der Waals surface area (Å²) in [5.41, 5.74) is 0.0881. The largest absolute Gasteiger partial charge is 0.480 e. The van der Waals surface area contributed by atoms with Crippen LogP contribution in [0.1, 0.15) is 28.9 Å². The minimum absolute atomic E-state index is 0.0365. The normalized spacial score (nSPS) is 18.6. The van der Waals surface area contributed by atoms with Crippen LogP contribution >= 0.6 is 15.9 Å². The third-order valence-electron chi connectivity index (χ3n) is 3.20. The monoisotopic (exact) mass is 328 g/mol. The number of aryl methyl sites for hydroxylation is 1. The van der Waals surface area contributed by atoms with Gasteiger partial charge in [-0.3, -0.25) is 9.59 Å². The van der Waals surface area contributed by atoms with E-state index >= 15 is 0 Å². The van der Waals surface area contributed by atoms with E-state index in [9.17, 15) is 14.4 Å². The van der Waals surface area contributed by atoms with Crippen LogP contribution in [0.4, 0.5) is 0 Å². The number of H-pyrrole nitrogens is 1. The Kier molecular flexibility index (Phi) is 3.75. The summed E-state index contributed by atoms with van der Waals surface area (Å²) in [6.45, 7) is 2.07. The van der Waals surface area contributed by atoms with Crippen molar-refractivity contribution in [2.75, 3.05) is 6.54 Å². The molecule has 2 rings (SSSR count). The molecule has 1 saturated heterocycles. The van der Waals surface area contributed by atoms with Crippen LogP contribution in [-0.4, -0.2) is 39.5 Å². The number of carbonyl (C=O) groups is 2. The molecule has 0 radical (unpaired) electrons. The maximum absolute atomic E-state index is 12.3. The van der Waals surface area contributed by atoms with E-state index in [1.165, 1.54) is 11.0 Å². The molecule has 0 aliphatic carbocycles. The fourth-order valence-electron chi connectivity index (χ4n) is 2.18. The summed E-state index contributed by atoms with van der Waals surface area (Å²) in [5, 5.41) is 9.06. The number of nitrogens with one attached hydrogen (secondary N) is 1. The van der Waals surface area contributed by atoms with Crippen molar-refractivity contribution in [3.05, 3.63) is 32.2 Å². The number of hydrogen-bond donors (Lipinski definition) is 2. The number of aromatic amines is 1. The van der Waals surface area contributed by atoms with Crippen LogP contribution in [0.2, 0.25) is 0 Å². The van der Waals surface area contributed by atoms with Gasteiger partial charge in [-0.1, -0.05) is 0 Å². The molecular weight excluding hydrogens is 316 g/mol. The lowest BCUT2D eigenvalue weighted by atomic mass is 10.2. The summed E-state index contributed by atoms with van der Waals surface area (Å²) in [5.74, 6) is -1.57. The van der Waals surface area contributed by atoms with Crippen LogP contribution in [0.25, 0.3) is 0 Å². The van der Waals surface area contributed by atoms with Gasteiger partial charge in [-0.25, -0.2) is 4.79 Å². The standard InChI is InChI=1S/C12H13BrN2O4/c1-6-8(13)5-7(10(16)14-6)11(17)15-4-2-3-9(15)12(18)19/h5,9H,2-4H2,1H3,(H,14,16)(H,18,19)/t9-/m1/s1. The summed E-state index contributed by atoms with van der Waals surface area (Å²) in [7, 11) is 0. The summed E-state index contributed by atoms with van der Waals surface area (Å²) in [6.07, 6.45) is 1.06. The molecule has 1 aliphatic rings. The Bertz CT molecular complexity index is 596. The molecule has 0 saturated carbocycles. The summed E-state index contributed by atoms with van der Waals surface area (Å²) in [4.78, 5) is 38.9. The van der Waals surface area contributed by atoms with Crippen molar-refractivity contribution in [2.45, 2.75) is 25.8 Å². The third kappa shape index (κ3) is 2.56. The lowest BCUT2D eigenvalue weighted by molar-refractivity contribution is -0.141. The smallest absolute Gasteiger partial charge is 0.326 e. The maximum atomic E-state index is 12.3. The lowest BCUT2D eigenvalue weighted by Gasteiger charge is -2.21. The molecule has 1 aromatic heterocycles. The van der Waals surface area contributed by atoms with Crippen molar-refractivity contribution in [1.82, 2.24) is 9.88 Å². The average Bonchev–Trinajstić information content (AvgIpc) is 2.82. The number of carbonyl (C=O) groups excluding carboxylic acids is 1. The Labute approximate surface area is 117 Å². The van der Waals surface area contributed by atoms with Gasteiger partial charge in [0.25, 0.3) is 11.5 Å². The number of rotatable bonds is 2. The maximum Gasteiger partial charge on any atom is 0.326 e. The zero-order valence-electron chi connectivity index (χ0n) is 10.3. The number of amides is 1. The van der Waals surface area contributed by atoms with Gasteiger partial charge in [0.1, 0.15) is 11.6 Å². The molecule has 1 atom stereocenters. The van der Waals surface area contributed by atoms with E-state index in [-0.39, 0.29) is 5.56 Å². The molecule has 2 heterocycles. The highest BCUT2D eigenvalue weighted by atomic mass is 79.9. The minimum Gasteiger partial charge on any atom is -0.480 e. The van der Waals surface area contributed by atoms with Crippen LogP contribution in [0.15, 0.2) is 15.3 Å². The number of pyridine rings is 1. The Hall–Kier alpha value is -1.63. The van der Waals surface area contributed by atoms with Crippen LogP contribution in [0, 0.1) is 6.92 Å². The predicted octanol–water partition coefficient (Wildman–Crippen LogP) is 1.14. The van der Waals surface area contributed by atoms with E-state index in [2.05, 4.69) is 20.9 Å². The van der Waals surface area contributed by atoms with Gasteiger partial charge in [0.15, 0.2) is 0 Å². The van der Waals surface area contributed by atoms with E-state index in [0.29, 0.717) is 29.6 Å². The van der Waals surface area contributed by atoms with Crippen LogP contribution in [-0.2, 0) is 4.79 Å². The van der Waals surface area contributed by atoms with Gasteiger partial charge >= 0.3 is 5.97 Å². The van der Waals surface area contributed by atoms with Gasteiger partial charge in [-0.15, -0.1) is 0 Å². The highest BCUT2D eigenvalue weighted by Crippen LogP contribution is 2.21. The Morgan fingerprint density at radius 2 is 2.21 bits per heavy atom. The Balaban J connectivity index is 2.37. The van der Waals surface area contributed by atoms with Crippen molar-refractivity contribution in [2.24, 2.45) is 0 Å². The van der Waals surface area contributed by atoms with Gasteiger partial charge in [0, 0.05) is 16.7 Å². The molecule has 1 fully saturated rings. The van der Waals surface area contributed by atoms with Crippen molar-refractivity contribution >= 4 is 27.8 Å². The highest BCUT2D eigenvalue weighted by molar-refractivity contribution is 9.10. The molecule has 1 amide bonds. The number of hydrogen-bond acceptors (Lipinski definition) is 3. The molecule has 0 unspecified atom stereocenters. The predicted molar refractivity (Wildman–Crippen MR) is 71.2 cm³/mol. The topological polar surface area (TPSA) is 90.5 Å². The zero-order valence-corrected chi connectivity index (χ0v) is 11.9. The second kappa shape index (κ2) is 5.16. The molecular formula is C12H13BrN2O4. The van der Waals surface area contributed by atoms with E-state index in [1.54, 1.807) is 6.92 Å². The third-order valence-corrected chi connectivity index (χ3v) is 4.03. The van der Waals surface area contributed by atoms with Gasteiger partial charge in [0.2, 0.25) is 0 Å². The first kappa shape index (κ1) is 13.8. The zero-order chi connectivity index (χ0) is 14.2. The molecule has 102 valence electrons. The summed E-state index contributed by atoms with van der Waals surface area (Å²) >= 11 is 3.24. The van der Waals surface area contributed by atoms with Crippen molar-refractivity contribution in [3.8, 4) is 0 Å².